The van der Waals surface area contributed by atoms with Gasteiger partial charge in [0.15, 0.2) is 0 Å². The first-order valence-corrected chi connectivity index (χ1v) is 9.06. The highest BCUT2D eigenvalue weighted by Gasteiger charge is 2.02. The Morgan fingerprint density at radius 2 is 1.62 bits per heavy atom. The van der Waals surface area contributed by atoms with E-state index < -0.39 is 0 Å². The zero-order valence-corrected chi connectivity index (χ0v) is 14.4. The quantitative estimate of drug-likeness (QED) is 0.237. The lowest BCUT2D eigenvalue weighted by atomic mass is 10.0. The van der Waals surface area contributed by atoms with Crippen LogP contribution < -0.4 is 0 Å². The number of unbranched alkanes of at least 4 members (excludes halogenated alkanes) is 7. The van der Waals surface area contributed by atoms with Gasteiger partial charge in [-0.3, -0.25) is 4.79 Å². The normalized spacial score (nSPS) is 12.9. The lowest BCUT2D eigenvalue weighted by Gasteiger charge is -2.08. The number of rotatable bonds is 15. The van der Waals surface area contributed by atoms with Crippen LogP contribution in [-0.4, -0.2) is 16.5 Å². The van der Waals surface area contributed by atoms with Crippen LogP contribution in [0, 0.1) is 0 Å². The fourth-order valence-electron chi connectivity index (χ4n) is 2.36. The molecule has 0 saturated heterocycles. The Labute approximate surface area is 136 Å². The number of aliphatic hydroxyl groups is 1. The molecule has 0 radical (unpaired) electrons. The van der Waals surface area contributed by atoms with Gasteiger partial charge in [-0.25, -0.2) is 0 Å². The molecule has 1 N–H and O–H groups in total. The summed E-state index contributed by atoms with van der Waals surface area (Å²) in [4.78, 5) is 10.5. The predicted molar refractivity (Wildman–Crippen MR) is 91.7 cm³/mol. The molecule has 0 amide bonds. The highest BCUT2D eigenvalue weighted by atomic mass is 35.5. The van der Waals surface area contributed by atoms with E-state index in [-0.39, 0.29) is 11.3 Å². The summed E-state index contributed by atoms with van der Waals surface area (Å²) in [5.74, 6) is 0. The summed E-state index contributed by atoms with van der Waals surface area (Å²) in [7, 11) is 0. The first-order valence-electron chi connectivity index (χ1n) is 8.68. The van der Waals surface area contributed by atoms with Crippen molar-refractivity contribution in [2.45, 2.75) is 96.5 Å². The molecule has 0 spiro atoms. The number of aliphatic hydroxyl groups excluding tert-OH is 1. The first-order chi connectivity index (χ1) is 10.2. The summed E-state index contributed by atoms with van der Waals surface area (Å²) in [6, 6.07) is 0. The molecule has 0 aliphatic carbocycles. The topological polar surface area (TPSA) is 37.3 Å². The molecule has 0 rings (SSSR count). The molecule has 2 nitrogen and oxygen atoms in total. The van der Waals surface area contributed by atoms with Gasteiger partial charge in [0.05, 0.1) is 6.10 Å². The molecule has 21 heavy (non-hydrogen) atoms. The summed E-state index contributed by atoms with van der Waals surface area (Å²) >= 11 is 5.28. The van der Waals surface area contributed by atoms with Gasteiger partial charge in [-0.2, -0.15) is 0 Å². The van der Waals surface area contributed by atoms with Crippen LogP contribution in [0.2, 0.25) is 0 Å². The number of hydrogen-bond donors (Lipinski definition) is 1. The van der Waals surface area contributed by atoms with Crippen LogP contribution in [0.4, 0.5) is 0 Å². The maximum Gasteiger partial charge on any atom is 0.221 e. The monoisotopic (exact) mass is 316 g/mol. The predicted octanol–water partition coefficient (Wildman–Crippen LogP) is 5.76. The maximum absolute atomic E-state index is 10.5. The number of halogens is 1. The Balaban J connectivity index is 3.26. The van der Waals surface area contributed by atoms with Crippen molar-refractivity contribution >= 4 is 16.8 Å². The highest BCUT2D eigenvalue weighted by molar-refractivity contribution is 6.63. The number of carbonyl (C=O) groups excluding carboxylic acids is 1. The summed E-state index contributed by atoms with van der Waals surface area (Å²) < 4.78 is 0. The Hall–Kier alpha value is -0.340. The van der Waals surface area contributed by atoms with Gasteiger partial charge in [0.1, 0.15) is 0 Å². The van der Waals surface area contributed by atoms with Crippen molar-refractivity contribution < 1.29 is 9.90 Å². The number of allylic oxidation sites excluding steroid dienone is 2. The zero-order chi connectivity index (χ0) is 15.8. The number of carbonyl (C=O) groups is 1. The molecule has 0 fully saturated rings. The second-order valence-electron chi connectivity index (χ2n) is 5.86. The Morgan fingerprint density at radius 1 is 0.952 bits per heavy atom. The molecular formula is C18H33ClO2. The second kappa shape index (κ2) is 16.0. The molecule has 0 saturated carbocycles. The van der Waals surface area contributed by atoms with Crippen molar-refractivity contribution in [3.05, 3.63) is 12.2 Å². The van der Waals surface area contributed by atoms with Crippen molar-refractivity contribution in [3.8, 4) is 0 Å². The van der Waals surface area contributed by atoms with E-state index in [4.69, 9.17) is 11.6 Å². The fraction of sp³-hybridized carbons (Fsp3) is 0.833. The van der Waals surface area contributed by atoms with Gasteiger partial charge in [0, 0.05) is 6.42 Å². The average molecular weight is 317 g/mol. The molecule has 0 aromatic carbocycles. The van der Waals surface area contributed by atoms with Gasteiger partial charge in [-0.1, -0.05) is 57.6 Å². The zero-order valence-electron chi connectivity index (χ0n) is 13.7. The van der Waals surface area contributed by atoms with Gasteiger partial charge in [0.25, 0.3) is 0 Å². The smallest absolute Gasteiger partial charge is 0.221 e. The molecule has 0 heterocycles. The Bertz CT molecular complexity index is 264. The van der Waals surface area contributed by atoms with Crippen LogP contribution in [-0.2, 0) is 4.79 Å². The van der Waals surface area contributed by atoms with Crippen LogP contribution in [0.1, 0.15) is 90.4 Å². The van der Waals surface area contributed by atoms with E-state index in [0.29, 0.717) is 6.42 Å². The largest absolute Gasteiger partial charge is 0.393 e. The highest BCUT2D eigenvalue weighted by Crippen LogP contribution is 2.12. The Morgan fingerprint density at radius 3 is 2.33 bits per heavy atom. The van der Waals surface area contributed by atoms with E-state index in [1.807, 2.05) is 0 Å². The first kappa shape index (κ1) is 20.7. The molecule has 0 unspecified atom stereocenters. The molecule has 3 heteroatoms. The lowest BCUT2D eigenvalue weighted by molar-refractivity contribution is -0.111. The van der Waals surface area contributed by atoms with Crippen molar-refractivity contribution in [1.82, 2.24) is 0 Å². The number of hydrogen-bond acceptors (Lipinski definition) is 2. The summed E-state index contributed by atoms with van der Waals surface area (Å²) in [5.41, 5.74) is 0. The van der Waals surface area contributed by atoms with E-state index in [1.54, 1.807) is 0 Å². The van der Waals surface area contributed by atoms with Gasteiger partial charge >= 0.3 is 0 Å². The van der Waals surface area contributed by atoms with Gasteiger partial charge in [0.2, 0.25) is 5.24 Å². The maximum atomic E-state index is 10.5. The summed E-state index contributed by atoms with van der Waals surface area (Å²) in [5, 5.41) is 9.64. The molecule has 1 atom stereocenters. The molecule has 0 aromatic heterocycles. The van der Waals surface area contributed by atoms with Gasteiger partial charge in [-0.15, -0.1) is 0 Å². The van der Waals surface area contributed by atoms with Crippen LogP contribution in [0.3, 0.4) is 0 Å². The third kappa shape index (κ3) is 17.6. The van der Waals surface area contributed by atoms with E-state index in [1.165, 1.54) is 25.7 Å². The SMILES string of the molecule is CCCCC/C=C\CC[C@H](O)CCCCCCCC(=O)Cl. The molecule has 124 valence electrons. The van der Waals surface area contributed by atoms with E-state index in [2.05, 4.69) is 19.1 Å². The van der Waals surface area contributed by atoms with Crippen molar-refractivity contribution in [1.29, 1.82) is 0 Å². The molecule has 0 aliphatic rings. The molecule has 0 aliphatic heterocycles. The van der Waals surface area contributed by atoms with Gasteiger partial charge in [-0.05, 0) is 50.1 Å². The van der Waals surface area contributed by atoms with Crippen LogP contribution in [0.25, 0.3) is 0 Å². The van der Waals surface area contributed by atoms with Crippen LogP contribution >= 0.6 is 11.6 Å². The third-order valence-electron chi connectivity index (χ3n) is 3.72. The summed E-state index contributed by atoms with van der Waals surface area (Å²) in [6.07, 6.45) is 17.9. The van der Waals surface area contributed by atoms with Crippen molar-refractivity contribution in [2.24, 2.45) is 0 Å². The van der Waals surface area contributed by atoms with Crippen molar-refractivity contribution in [3.63, 3.8) is 0 Å². The average Bonchev–Trinajstić information content (AvgIpc) is 2.45. The standard InChI is InChI=1S/C18H33ClO2/c1-2-3-4-5-6-8-11-14-17(20)15-12-9-7-10-13-16-18(19)21/h6,8,17,20H,2-5,7,9-16H2,1H3/b8-6-/t17-/m0/s1. The lowest BCUT2D eigenvalue weighted by Crippen LogP contribution is -2.05. The Kier molecular flexibility index (Phi) is 15.8. The molecule has 0 aromatic rings. The van der Waals surface area contributed by atoms with Crippen LogP contribution in [0.5, 0.6) is 0 Å². The second-order valence-corrected chi connectivity index (χ2v) is 6.28. The minimum atomic E-state index is -0.229. The fourth-order valence-corrected chi connectivity index (χ4v) is 2.49. The van der Waals surface area contributed by atoms with Crippen LogP contribution in [0.15, 0.2) is 12.2 Å². The van der Waals surface area contributed by atoms with Crippen molar-refractivity contribution in [2.75, 3.05) is 0 Å². The van der Waals surface area contributed by atoms with E-state index in [0.717, 1.165) is 51.4 Å². The third-order valence-corrected chi connectivity index (χ3v) is 3.91. The minimum absolute atomic E-state index is 0.158. The van der Waals surface area contributed by atoms with Gasteiger partial charge < -0.3 is 5.11 Å². The molecular weight excluding hydrogens is 284 g/mol. The summed E-state index contributed by atoms with van der Waals surface area (Å²) in [6.45, 7) is 2.22. The van der Waals surface area contributed by atoms with E-state index in [9.17, 15) is 9.90 Å². The molecule has 0 bridgehead atoms. The minimum Gasteiger partial charge on any atom is -0.393 e. The van der Waals surface area contributed by atoms with E-state index >= 15 is 0 Å².